The Hall–Kier alpha value is -0.610. The van der Waals surface area contributed by atoms with Crippen LogP contribution in [-0.4, -0.2) is 43.2 Å². The van der Waals surface area contributed by atoms with Crippen molar-refractivity contribution >= 4 is 5.97 Å². The molecule has 0 fully saturated rings. The molecular weight excluding hydrogens is 180 g/mol. The van der Waals surface area contributed by atoms with E-state index < -0.39 is 5.54 Å². The van der Waals surface area contributed by atoms with Crippen molar-refractivity contribution in [1.29, 1.82) is 0 Å². The largest absolute Gasteiger partial charge is 0.468 e. The molecule has 0 aromatic rings. The first-order valence-electron chi connectivity index (χ1n) is 4.92. The molecule has 0 bridgehead atoms. The minimum absolute atomic E-state index is 0.272. The maximum absolute atomic E-state index is 11.3. The van der Waals surface area contributed by atoms with Gasteiger partial charge in [0.05, 0.1) is 7.11 Å². The third-order valence-electron chi connectivity index (χ3n) is 2.62. The molecule has 2 atom stereocenters. The summed E-state index contributed by atoms with van der Waals surface area (Å²) in [4.78, 5) is 13.5. The Kier molecular flexibility index (Phi) is 5.08. The summed E-state index contributed by atoms with van der Waals surface area (Å²) >= 11 is 0. The highest BCUT2D eigenvalue weighted by atomic mass is 16.5. The average molecular weight is 202 g/mol. The monoisotopic (exact) mass is 202 g/mol. The molecule has 0 saturated heterocycles. The number of carbonyl (C=O) groups is 1. The minimum atomic E-state index is -0.891. The van der Waals surface area contributed by atoms with E-state index >= 15 is 0 Å². The van der Waals surface area contributed by atoms with Crippen LogP contribution in [0.15, 0.2) is 0 Å². The molecule has 2 N–H and O–H groups in total. The van der Waals surface area contributed by atoms with Crippen LogP contribution in [0.2, 0.25) is 0 Å². The minimum Gasteiger partial charge on any atom is -0.468 e. The van der Waals surface area contributed by atoms with Crippen LogP contribution in [0.3, 0.4) is 0 Å². The smallest absolute Gasteiger partial charge is 0.325 e. The van der Waals surface area contributed by atoms with Crippen molar-refractivity contribution in [2.24, 2.45) is 5.73 Å². The molecule has 0 saturated carbocycles. The van der Waals surface area contributed by atoms with Gasteiger partial charge in [-0.05, 0) is 33.9 Å². The Morgan fingerprint density at radius 2 is 2.14 bits per heavy atom. The third kappa shape index (κ3) is 3.64. The van der Waals surface area contributed by atoms with E-state index in [2.05, 4.69) is 23.5 Å². The van der Waals surface area contributed by atoms with Crippen molar-refractivity contribution in [1.82, 2.24) is 4.90 Å². The normalized spacial score (nSPS) is 17.6. The molecule has 0 aromatic carbocycles. The topological polar surface area (TPSA) is 55.6 Å². The SMILES string of the molecule is CCN(C)C(C)CC(C)(N)C(=O)OC. The van der Waals surface area contributed by atoms with Gasteiger partial charge in [-0.1, -0.05) is 6.92 Å². The summed E-state index contributed by atoms with van der Waals surface area (Å²) in [5.41, 5.74) is 4.97. The van der Waals surface area contributed by atoms with Crippen LogP contribution in [0.4, 0.5) is 0 Å². The lowest BCUT2D eigenvalue weighted by Crippen LogP contribution is -2.50. The second-order valence-corrected chi connectivity index (χ2v) is 4.04. The number of esters is 1. The molecule has 0 aliphatic rings. The van der Waals surface area contributed by atoms with Crippen molar-refractivity contribution in [2.75, 3.05) is 20.7 Å². The Labute approximate surface area is 86.4 Å². The van der Waals surface area contributed by atoms with Crippen LogP contribution >= 0.6 is 0 Å². The number of ether oxygens (including phenoxy) is 1. The second kappa shape index (κ2) is 5.32. The Morgan fingerprint density at radius 1 is 1.64 bits per heavy atom. The van der Waals surface area contributed by atoms with Crippen LogP contribution < -0.4 is 5.73 Å². The Balaban J connectivity index is 4.28. The molecule has 14 heavy (non-hydrogen) atoms. The van der Waals surface area contributed by atoms with Crippen LogP contribution in [-0.2, 0) is 9.53 Å². The molecule has 0 aliphatic carbocycles. The van der Waals surface area contributed by atoms with Gasteiger partial charge in [0.1, 0.15) is 5.54 Å². The highest BCUT2D eigenvalue weighted by Crippen LogP contribution is 2.14. The maximum atomic E-state index is 11.3. The summed E-state index contributed by atoms with van der Waals surface area (Å²) in [6, 6.07) is 0.272. The quantitative estimate of drug-likeness (QED) is 0.664. The lowest BCUT2D eigenvalue weighted by molar-refractivity contribution is -0.147. The highest BCUT2D eigenvalue weighted by Gasteiger charge is 2.32. The van der Waals surface area contributed by atoms with E-state index in [1.165, 1.54) is 7.11 Å². The molecule has 2 unspecified atom stereocenters. The number of nitrogens with zero attached hydrogens (tertiary/aromatic N) is 1. The van der Waals surface area contributed by atoms with Crippen LogP contribution in [0.1, 0.15) is 27.2 Å². The van der Waals surface area contributed by atoms with Gasteiger partial charge >= 0.3 is 5.97 Å². The van der Waals surface area contributed by atoms with E-state index in [9.17, 15) is 4.79 Å². The summed E-state index contributed by atoms with van der Waals surface area (Å²) in [5, 5.41) is 0. The van der Waals surface area contributed by atoms with Gasteiger partial charge in [0.15, 0.2) is 0 Å². The number of carbonyl (C=O) groups excluding carboxylic acids is 1. The number of methoxy groups -OCH3 is 1. The number of nitrogens with two attached hydrogens (primary N) is 1. The van der Waals surface area contributed by atoms with Gasteiger partial charge in [-0.25, -0.2) is 0 Å². The molecule has 0 amide bonds. The number of hydrogen-bond acceptors (Lipinski definition) is 4. The number of hydrogen-bond donors (Lipinski definition) is 1. The Morgan fingerprint density at radius 3 is 2.50 bits per heavy atom. The zero-order valence-corrected chi connectivity index (χ0v) is 9.83. The fraction of sp³-hybridized carbons (Fsp3) is 0.900. The third-order valence-corrected chi connectivity index (χ3v) is 2.62. The molecule has 0 rings (SSSR count). The summed E-state index contributed by atoms with van der Waals surface area (Å²) in [7, 11) is 3.37. The first-order valence-corrected chi connectivity index (χ1v) is 4.92. The molecular formula is C10H22N2O2. The van der Waals surface area contributed by atoms with Gasteiger partial charge in [-0.15, -0.1) is 0 Å². The van der Waals surface area contributed by atoms with Crippen molar-refractivity contribution in [2.45, 2.75) is 38.8 Å². The summed E-state index contributed by atoms with van der Waals surface area (Å²) in [6.07, 6.45) is 0.601. The standard InChI is InChI=1S/C10H22N2O2/c1-6-12(4)8(2)7-10(3,11)9(13)14-5/h8H,6-7,11H2,1-5H3. The predicted octanol–water partition coefficient (Wildman–Crippen LogP) is 0.607. The summed E-state index contributed by atoms with van der Waals surface area (Å²) in [5.74, 6) is -0.353. The fourth-order valence-corrected chi connectivity index (χ4v) is 1.40. The van der Waals surface area contributed by atoms with Gasteiger partial charge in [0, 0.05) is 6.04 Å². The van der Waals surface area contributed by atoms with Gasteiger partial charge < -0.3 is 15.4 Å². The van der Waals surface area contributed by atoms with E-state index in [4.69, 9.17) is 5.73 Å². The van der Waals surface area contributed by atoms with Gasteiger partial charge in [-0.3, -0.25) is 4.79 Å². The van der Waals surface area contributed by atoms with Crippen molar-refractivity contribution in [3.05, 3.63) is 0 Å². The maximum Gasteiger partial charge on any atom is 0.325 e. The molecule has 4 nitrogen and oxygen atoms in total. The Bertz CT molecular complexity index is 193. The van der Waals surface area contributed by atoms with E-state index in [1.54, 1.807) is 6.92 Å². The second-order valence-electron chi connectivity index (χ2n) is 4.04. The first-order chi connectivity index (χ1) is 6.35. The molecule has 0 heterocycles. The zero-order chi connectivity index (χ0) is 11.4. The highest BCUT2D eigenvalue weighted by molar-refractivity contribution is 5.79. The van der Waals surface area contributed by atoms with Crippen LogP contribution in [0.5, 0.6) is 0 Å². The van der Waals surface area contributed by atoms with Crippen molar-refractivity contribution in [3.63, 3.8) is 0 Å². The summed E-state index contributed by atoms with van der Waals surface area (Å²) < 4.78 is 4.65. The van der Waals surface area contributed by atoms with Gasteiger partial charge in [-0.2, -0.15) is 0 Å². The predicted molar refractivity (Wildman–Crippen MR) is 57.0 cm³/mol. The van der Waals surface area contributed by atoms with E-state index in [0.717, 1.165) is 6.54 Å². The molecule has 0 spiro atoms. The first kappa shape index (κ1) is 13.4. The molecule has 0 aromatic heterocycles. The van der Waals surface area contributed by atoms with E-state index in [0.29, 0.717) is 6.42 Å². The van der Waals surface area contributed by atoms with Crippen LogP contribution in [0.25, 0.3) is 0 Å². The molecule has 0 aliphatic heterocycles. The average Bonchev–Trinajstić information content (AvgIpc) is 2.14. The number of rotatable bonds is 5. The zero-order valence-electron chi connectivity index (χ0n) is 9.83. The lowest BCUT2D eigenvalue weighted by atomic mass is 9.94. The molecule has 0 radical (unpaired) electrons. The molecule has 84 valence electrons. The summed E-state index contributed by atoms with van der Waals surface area (Å²) in [6.45, 7) is 6.78. The lowest BCUT2D eigenvalue weighted by Gasteiger charge is -2.30. The fourth-order valence-electron chi connectivity index (χ4n) is 1.40. The van der Waals surface area contributed by atoms with Crippen molar-refractivity contribution in [3.8, 4) is 0 Å². The van der Waals surface area contributed by atoms with E-state index in [1.807, 2.05) is 7.05 Å². The van der Waals surface area contributed by atoms with Crippen LogP contribution in [0, 0.1) is 0 Å². The van der Waals surface area contributed by atoms with E-state index in [-0.39, 0.29) is 12.0 Å². The van der Waals surface area contributed by atoms with Gasteiger partial charge in [0.25, 0.3) is 0 Å². The van der Waals surface area contributed by atoms with Gasteiger partial charge in [0.2, 0.25) is 0 Å². The molecule has 4 heteroatoms. The van der Waals surface area contributed by atoms with Crippen molar-refractivity contribution < 1.29 is 9.53 Å².